The van der Waals surface area contributed by atoms with Crippen LogP contribution in [-0.4, -0.2) is 30.8 Å². The van der Waals surface area contributed by atoms with E-state index in [0.29, 0.717) is 6.04 Å². The zero-order valence-electron chi connectivity index (χ0n) is 10.7. The Bertz CT molecular complexity index is 432. The van der Waals surface area contributed by atoms with Gasteiger partial charge in [-0.05, 0) is 48.6 Å². The first-order valence-electron chi connectivity index (χ1n) is 6.53. The highest BCUT2D eigenvalue weighted by molar-refractivity contribution is 8.00. The third kappa shape index (κ3) is 3.45. The lowest BCUT2D eigenvalue weighted by Gasteiger charge is -2.27. The molecule has 2 aliphatic heterocycles. The van der Waals surface area contributed by atoms with Crippen LogP contribution >= 0.6 is 35.5 Å². The number of piperidine rings is 1. The quantitative estimate of drug-likeness (QED) is 0.879. The Balaban J connectivity index is 0.00000133. The minimum Gasteiger partial charge on any atom is -0.351 e. The SMILES string of the molecule is Cl.O=C(NC1CCCNC1)C1SCCc2sccc21. The summed E-state index contributed by atoms with van der Waals surface area (Å²) in [7, 11) is 0. The number of aryl methyl sites for hydroxylation is 1. The second kappa shape index (κ2) is 6.97. The van der Waals surface area contributed by atoms with Crippen LogP contribution in [0.1, 0.15) is 28.5 Å². The summed E-state index contributed by atoms with van der Waals surface area (Å²) in [6.07, 6.45) is 3.38. The lowest BCUT2D eigenvalue weighted by molar-refractivity contribution is -0.121. The number of carbonyl (C=O) groups is 1. The van der Waals surface area contributed by atoms with E-state index in [1.807, 2.05) is 0 Å². The van der Waals surface area contributed by atoms with Gasteiger partial charge in [-0.1, -0.05) is 0 Å². The molecule has 0 aliphatic carbocycles. The first-order valence-corrected chi connectivity index (χ1v) is 8.46. The summed E-state index contributed by atoms with van der Waals surface area (Å²) in [5, 5.41) is 8.67. The smallest absolute Gasteiger partial charge is 0.237 e. The van der Waals surface area contributed by atoms with Crippen molar-refractivity contribution < 1.29 is 4.79 Å². The molecule has 1 aromatic heterocycles. The number of halogens is 1. The summed E-state index contributed by atoms with van der Waals surface area (Å²) in [5.74, 6) is 1.27. The van der Waals surface area contributed by atoms with Crippen molar-refractivity contribution in [1.82, 2.24) is 10.6 Å². The number of amides is 1. The van der Waals surface area contributed by atoms with Crippen LogP contribution in [0.25, 0.3) is 0 Å². The predicted octanol–water partition coefficient (Wildman–Crippen LogP) is 2.37. The lowest BCUT2D eigenvalue weighted by atomic mass is 10.1. The van der Waals surface area contributed by atoms with Crippen LogP contribution in [-0.2, 0) is 11.2 Å². The molecule has 2 unspecified atom stereocenters. The standard InChI is InChI=1S/C13H18N2OS2.ClH/c16-13(15-9-2-1-5-14-8-9)12-10-3-6-17-11(10)4-7-18-12;/h3,6,9,12,14H,1-2,4-5,7-8H2,(H,15,16);1H. The third-order valence-corrected chi connectivity index (χ3v) is 5.80. The van der Waals surface area contributed by atoms with Crippen molar-refractivity contribution in [3.63, 3.8) is 0 Å². The normalized spacial score (nSPS) is 26.1. The van der Waals surface area contributed by atoms with E-state index >= 15 is 0 Å². The monoisotopic (exact) mass is 318 g/mol. The highest BCUT2D eigenvalue weighted by Crippen LogP contribution is 2.39. The first kappa shape index (κ1) is 15.2. The Morgan fingerprint density at radius 2 is 2.37 bits per heavy atom. The fraction of sp³-hybridized carbons (Fsp3) is 0.615. The second-order valence-corrected chi connectivity index (χ2v) is 7.07. The van der Waals surface area contributed by atoms with Gasteiger partial charge in [0.2, 0.25) is 5.91 Å². The van der Waals surface area contributed by atoms with Gasteiger partial charge in [-0.25, -0.2) is 0 Å². The molecule has 1 aromatic rings. The van der Waals surface area contributed by atoms with Crippen LogP contribution in [0.3, 0.4) is 0 Å². The molecular formula is C13H19ClN2OS2. The molecule has 0 radical (unpaired) electrons. The molecule has 3 nitrogen and oxygen atoms in total. The first-order chi connectivity index (χ1) is 8.84. The van der Waals surface area contributed by atoms with Crippen molar-refractivity contribution in [2.75, 3.05) is 18.8 Å². The summed E-state index contributed by atoms with van der Waals surface area (Å²) in [4.78, 5) is 13.8. The van der Waals surface area contributed by atoms with E-state index in [1.54, 1.807) is 23.1 Å². The van der Waals surface area contributed by atoms with Crippen LogP contribution in [0.15, 0.2) is 11.4 Å². The van der Waals surface area contributed by atoms with Crippen LogP contribution in [0, 0.1) is 0 Å². The van der Waals surface area contributed by atoms with Crippen molar-refractivity contribution in [1.29, 1.82) is 0 Å². The van der Waals surface area contributed by atoms with Crippen LogP contribution in [0.5, 0.6) is 0 Å². The zero-order valence-corrected chi connectivity index (χ0v) is 13.1. The Labute approximate surface area is 128 Å². The predicted molar refractivity (Wildman–Crippen MR) is 84.5 cm³/mol. The largest absolute Gasteiger partial charge is 0.351 e. The molecule has 2 atom stereocenters. The van der Waals surface area contributed by atoms with Gasteiger partial charge in [0.05, 0.1) is 0 Å². The molecule has 1 saturated heterocycles. The molecule has 0 aromatic carbocycles. The number of thioether (sulfide) groups is 1. The number of hydrogen-bond donors (Lipinski definition) is 2. The number of rotatable bonds is 2. The van der Waals surface area contributed by atoms with E-state index in [4.69, 9.17) is 0 Å². The van der Waals surface area contributed by atoms with Gasteiger partial charge in [-0.15, -0.1) is 35.5 Å². The van der Waals surface area contributed by atoms with Gasteiger partial charge in [0, 0.05) is 17.5 Å². The maximum absolute atomic E-state index is 12.4. The highest BCUT2D eigenvalue weighted by Gasteiger charge is 2.29. The van der Waals surface area contributed by atoms with Crippen molar-refractivity contribution >= 4 is 41.4 Å². The molecular weight excluding hydrogens is 300 g/mol. The summed E-state index contributed by atoms with van der Waals surface area (Å²) in [6.45, 7) is 2.00. The molecule has 0 bridgehead atoms. The Kier molecular flexibility index (Phi) is 5.57. The van der Waals surface area contributed by atoms with Crippen LogP contribution in [0.2, 0.25) is 0 Å². The number of nitrogens with one attached hydrogen (secondary N) is 2. The van der Waals surface area contributed by atoms with Crippen molar-refractivity contribution in [2.24, 2.45) is 0 Å². The van der Waals surface area contributed by atoms with Gasteiger partial charge in [-0.3, -0.25) is 4.79 Å². The van der Waals surface area contributed by atoms with E-state index in [2.05, 4.69) is 22.1 Å². The van der Waals surface area contributed by atoms with Gasteiger partial charge in [0.15, 0.2) is 0 Å². The molecule has 3 rings (SSSR count). The Morgan fingerprint density at radius 3 is 3.16 bits per heavy atom. The molecule has 3 heterocycles. The lowest BCUT2D eigenvalue weighted by Crippen LogP contribution is -2.47. The molecule has 1 fully saturated rings. The molecule has 106 valence electrons. The van der Waals surface area contributed by atoms with E-state index in [9.17, 15) is 4.79 Å². The van der Waals surface area contributed by atoms with Crippen LogP contribution in [0.4, 0.5) is 0 Å². The zero-order chi connectivity index (χ0) is 12.4. The average molecular weight is 319 g/mol. The summed E-state index contributed by atoms with van der Waals surface area (Å²) >= 11 is 3.57. The topological polar surface area (TPSA) is 41.1 Å². The molecule has 6 heteroatoms. The molecule has 2 aliphatic rings. The number of fused-ring (bicyclic) bond motifs is 1. The van der Waals surface area contributed by atoms with Gasteiger partial charge in [0.25, 0.3) is 0 Å². The summed E-state index contributed by atoms with van der Waals surface area (Å²) in [5.41, 5.74) is 1.25. The van der Waals surface area contributed by atoms with E-state index in [1.165, 1.54) is 10.4 Å². The molecule has 1 amide bonds. The van der Waals surface area contributed by atoms with E-state index < -0.39 is 0 Å². The van der Waals surface area contributed by atoms with Gasteiger partial charge in [-0.2, -0.15) is 0 Å². The average Bonchev–Trinajstić information content (AvgIpc) is 2.87. The summed E-state index contributed by atoms with van der Waals surface area (Å²) < 4.78 is 0. The van der Waals surface area contributed by atoms with Gasteiger partial charge in [0.1, 0.15) is 5.25 Å². The molecule has 0 saturated carbocycles. The fourth-order valence-electron chi connectivity index (χ4n) is 2.62. The molecule has 2 N–H and O–H groups in total. The fourth-order valence-corrected chi connectivity index (χ4v) is 4.92. The highest BCUT2D eigenvalue weighted by atomic mass is 35.5. The minimum absolute atomic E-state index is 0. The molecule has 0 spiro atoms. The van der Waals surface area contributed by atoms with Gasteiger partial charge >= 0.3 is 0 Å². The Hall–Kier alpha value is -0.230. The number of hydrogen-bond acceptors (Lipinski definition) is 4. The number of carbonyl (C=O) groups excluding carboxylic acids is 1. The maximum Gasteiger partial charge on any atom is 0.237 e. The maximum atomic E-state index is 12.4. The number of thiophene rings is 1. The van der Waals surface area contributed by atoms with Gasteiger partial charge < -0.3 is 10.6 Å². The third-order valence-electron chi connectivity index (χ3n) is 3.56. The summed E-state index contributed by atoms with van der Waals surface area (Å²) in [6, 6.07) is 2.44. The second-order valence-electron chi connectivity index (χ2n) is 4.85. The molecule has 19 heavy (non-hydrogen) atoms. The van der Waals surface area contributed by atoms with Crippen molar-refractivity contribution in [3.8, 4) is 0 Å². The van der Waals surface area contributed by atoms with Crippen LogP contribution < -0.4 is 10.6 Å². The van der Waals surface area contributed by atoms with E-state index in [0.717, 1.165) is 38.1 Å². The minimum atomic E-state index is 0. The van der Waals surface area contributed by atoms with E-state index in [-0.39, 0.29) is 23.6 Å². The van der Waals surface area contributed by atoms with Crippen molar-refractivity contribution in [2.45, 2.75) is 30.6 Å². The Morgan fingerprint density at radius 1 is 1.47 bits per heavy atom. The van der Waals surface area contributed by atoms with Crippen molar-refractivity contribution in [3.05, 3.63) is 21.9 Å².